The zero-order valence-electron chi connectivity index (χ0n) is 14.1. The zero-order valence-corrected chi connectivity index (χ0v) is 15.8. The highest BCUT2D eigenvalue weighted by Crippen LogP contribution is 2.22. The van der Waals surface area contributed by atoms with Crippen molar-refractivity contribution in [1.29, 1.82) is 0 Å². The predicted molar refractivity (Wildman–Crippen MR) is 105 cm³/mol. The maximum Gasteiger partial charge on any atom is 0.253 e. The molecule has 0 saturated carbocycles. The molecule has 2 heterocycles. The van der Waals surface area contributed by atoms with Crippen molar-refractivity contribution >= 4 is 30.7 Å². The van der Waals surface area contributed by atoms with Crippen LogP contribution in [0.3, 0.4) is 0 Å². The molecular weight excluding hydrogens is 357 g/mol. The van der Waals surface area contributed by atoms with Crippen LogP contribution in [0.4, 0.5) is 0 Å². The van der Waals surface area contributed by atoms with Crippen LogP contribution in [0.25, 0.3) is 0 Å². The molecule has 136 valence electrons. The lowest BCUT2D eigenvalue weighted by molar-refractivity contribution is 0.0690. The first-order valence-corrected chi connectivity index (χ1v) is 8.23. The van der Waals surface area contributed by atoms with Crippen LogP contribution in [-0.4, -0.2) is 28.9 Å². The van der Waals surface area contributed by atoms with E-state index in [0.29, 0.717) is 12.5 Å². The van der Waals surface area contributed by atoms with Crippen molar-refractivity contribution in [2.24, 2.45) is 11.7 Å². The first-order valence-electron chi connectivity index (χ1n) is 8.23. The molecule has 0 radical (unpaired) electrons. The summed E-state index contributed by atoms with van der Waals surface area (Å²) in [6.07, 6.45) is 6.91. The van der Waals surface area contributed by atoms with Crippen LogP contribution in [0, 0.1) is 5.92 Å². The average molecular weight is 382 g/mol. The maximum absolute atomic E-state index is 12.6. The van der Waals surface area contributed by atoms with Gasteiger partial charge in [-0.05, 0) is 54.5 Å². The monoisotopic (exact) mass is 381 g/mol. The fraction of sp³-hybridized carbons (Fsp3) is 0.368. The number of rotatable bonds is 4. The molecule has 0 unspecified atom stereocenters. The number of hydrogen-bond acceptors (Lipinski definition) is 3. The van der Waals surface area contributed by atoms with Crippen LogP contribution in [0.2, 0.25) is 0 Å². The Morgan fingerprint density at radius 3 is 2.48 bits per heavy atom. The van der Waals surface area contributed by atoms with E-state index in [-0.39, 0.29) is 30.7 Å². The highest BCUT2D eigenvalue weighted by atomic mass is 35.5. The number of hydrogen-bond donors (Lipinski definition) is 1. The Labute approximate surface area is 161 Å². The lowest BCUT2D eigenvalue weighted by Crippen LogP contribution is -2.39. The van der Waals surface area contributed by atoms with Crippen molar-refractivity contribution in [3.05, 3.63) is 65.5 Å². The van der Waals surface area contributed by atoms with Gasteiger partial charge in [0.1, 0.15) is 0 Å². The lowest BCUT2D eigenvalue weighted by atomic mass is 9.90. The van der Waals surface area contributed by atoms with Crippen LogP contribution in [0.1, 0.15) is 34.3 Å². The molecule has 1 aromatic carbocycles. The van der Waals surface area contributed by atoms with Gasteiger partial charge >= 0.3 is 0 Å². The summed E-state index contributed by atoms with van der Waals surface area (Å²) in [6, 6.07) is 11.8. The Kier molecular flexibility index (Phi) is 8.90. The Bertz CT molecular complexity index is 659. The summed E-state index contributed by atoms with van der Waals surface area (Å²) in [4.78, 5) is 18.8. The van der Waals surface area contributed by atoms with Gasteiger partial charge in [-0.25, -0.2) is 0 Å². The van der Waals surface area contributed by atoms with E-state index in [1.165, 1.54) is 5.56 Å². The van der Waals surface area contributed by atoms with E-state index < -0.39 is 0 Å². The summed E-state index contributed by atoms with van der Waals surface area (Å²) in [5.74, 6) is 0.763. The second-order valence-corrected chi connectivity index (χ2v) is 6.21. The summed E-state index contributed by atoms with van der Waals surface area (Å²) in [6.45, 7) is 2.13. The van der Waals surface area contributed by atoms with E-state index in [9.17, 15) is 4.79 Å². The molecule has 1 aliphatic heterocycles. The Morgan fingerprint density at radius 2 is 1.84 bits per heavy atom. The summed E-state index contributed by atoms with van der Waals surface area (Å²) in [5.41, 5.74) is 8.69. The van der Waals surface area contributed by atoms with Gasteiger partial charge in [-0.1, -0.05) is 18.2 Å². The number of benzene rings is 1. The first-order chi connectivity index (χ1) is 11.3. The van der Waals surface area contributed by atoms with Crippen molar-refractivity contribution in [2.75, 3.05) is 13.1 Å². The van der Waals surface area contributed by atoms with Crippen molar-refractivity contribution in [1.82, 2.24) is 9.88 Å². The topological polar surface area (TPSA) is 59.2 Å². The fourth-order valence-corrected chi connectivity index (χ4v) is 3.21. The quantitative estimate of drug-likeness (QED) is 0.881. The third kappa shape index (κ3) is 5.70. The predicted octanol–water partition coefficient (Wildman–Crippen LogP) is 3.48. The molecule has 1 amide bonds. The number of likely N-dealkylation sites (tertiary alicyclic amines) is 1. The van der Waals surface area contributed by atoms with Crippen LogP contribution < -0.4 is 5.73 Å². The van der Waals surface area contributed by atoms with E-state index in [4.69, 9.17) is 5.73 Å². The maximum atomic E-state index is 12.6. The van der Waals surface area contributed by atoms with Gasteiger partial charge in [-0.2, -0.15) is 0 Å². The molecule has 2 N–H and O–H groups in total. The fourth-order valence-electron chi connectivity index (χ4n) is 3.21. The van der Waals surface area contributed by atoms with Gasteiger partial charge in [0.25, 0.3) is 5.91 Å². The zero-order chi connectivity index (χ0) is 16.1. The molecule has 0 atom stereocenters. The van der Waals surface area contributed by atoms with Gasteiger partial charge in [-0.3, -0.25) is 9.78 Å². The third-order valence-corrected chi connectivity index (χ3v) is 4.56. The molecule has 1 aromatic heterocycles. The summed E-state index contributed by atoms with van der Waals surface area (Å²) < 4.78 is 0. The molecule has 0 bridgehead atoms. The van der Waals surface area contributed by atoms with Gasteiger partial charge < -0.3 is 10.6 Å². The SMILES string of the molecule is Cl.Cl.NCc1cccc(C(=O)N2CCC(Cc3cccnc3)CC2)c1. The van der Waals surface area contributed by atoms with E-state index in [2.05, 4.69) is 11.1 Å². The number of carbonyl (C=O) groups is 1. The number of amides is 1. The van der Waals surface area contributed by atoms with Crippen molar-refractivity contribution in [3.63, 3.8) is 0 Å². The minimum Gasteiger partial charge on any atom is -0.339 e. The number of nitrogens with two attached hydrogens (primary N) is 1. The molecule has 1 saturated heterocycles. The minimum atomic E-state index is 0. The molecule has 25 heavy (non-hydrogen) atoms. The molecule has 6 heteroatoms. The van der Waals surface area contributed by atoms with Gasteiger partial charge in [0.2, 0.25) is 0 Å². The van der Waals surface area contributed by atoms with Crippen LogP contribution in [0.5, 0.6) is 0 Å². The summed E-state index contributed by atoms with van der Waals surface area (Å²) in [7, 11) is 0. The summed E-state index contributed by atoms with van der Waals surface area (Å²) in [5, 5.41) is 0. The van der Waals surface area contributed by atoms with E-state index in [1.807, 2.05) is 41.4 Å². The average Bonchev–Trinajstić information content (AvgIpc) is 2.63. The number of piperidine rings is 1. The molecule has 1 fully saturated rings. The lowest BCUT2D eigenvalue weighted by Gasteiger charge is -2.32. The smallest absolute Gasteiger partial charge is 0.253 e. The highest BCUT2D eigenvalue weighted by molar-refractivity contribution is 5.94. The van der Waals surface area contributed by atoms with Gasteiger partial charge in [0, 0.05) is 37.6 Å². The van der Waals surface area contributed by atoms with Crippen LogP contribution in [-0.2, 0) is 13.0 Å². The van der Waals surface area contributed by atoms with E-state index >= 15 is 0 Å². The Morgan fingerprint density at radius 1 is 1.12 bits per heavy atom. The normalized spacial score (nSPS) is 14.4. The molecule has 1 aliphatic rings. The molecule has 0 spiro atoms. The van der Waals surface area contributed by atoms with Crippen molar-refractivity contribution in [3.8, 4) is 0 Å². The standard InChI is InChI=1S/C19H23N3O.2ClH/c20-13-16-3-1-5-18(12-16)19(23)22-9-6-15(7-10-22)11-17-4-2-8-21-14-17;;/h1-5,8,12,14-15H,6-7,9-11,13,20H2;2*1H. The second kappa shape index (κ2) is 10.4. The number of pyridine rings is 1. The second-order valence-electron chi connectivity index (χ2n) is 6.21. The third-order valence-electron chi connectivity index (χ3n) is 4.56. The van der Waals surface area contributed by atoms with Crippen LogP contribution >= 0.6 is 24.8 Å². The van der Waals surface area contributed by atoms with Crippen molar-refractivity contribution < 1.29 is 4.79 Å². The molecular formula is C19H25Cl2N3O. The molecule has 0 aliphatic carbocycles. The largest absolute Gasteiger partial charge is 0.339 e. The molecule has 4 nitrogen and oxygen atoms in total. The number of nitrogens with zero attached hydrogens (tertiary/aromatic N) is 2. The number of aromatic nitrogens is 1. The van der Waals surface area contributed by atoms with E-state index in [0.717, 1.165) is 43.5 Å². The van der Waals surface area contributed by atoms with Gasteiger partial charge in [0.05, 0.1) is 0 Å². The number of halogens is 2. The molecule has 2 aromatic rings. The van der Waals surface area contributed by atoms with Gasteiger partial charge in [0.15, 0.2) is 0 Å². The first kappa shape index (κ1) is 21.4. The van der Waals surface area contributed by atoms with Gasteiger partial charge in [-0.15, -0.1) is 24.8 Å². The molecule has 3 rings (SSSR count). The summed E-state index contributed by atoms with van der Waals surface area (Å²) >= 11 is 0. The van der Waals surface area contributed by atoms with Crippen LogP contribution in [0.15, 0.2) is 48.8 Å². The minimum absolute atomic E-state index is 0. The Hall–Kier alpha value is -1.62. The number of carbonyl (C=O) groups excluding carboxylic acids is 1. The Balaban J connectivity index is 0.00000156. The van der Waals surface area contributed by atoms with Crippen molar-refractivity contribution in [2.45, 2.75) is 25.8 Å². The van der Waals surface area contributed by atoms with E-state index in [1.54, 1.807) is 6.20 Å². The highest BCUT2D eigenvalue weighted by Gasteiger charge is 2.23.